The van der Waals surface area contributed by atoms with Gasteiger partial charge in [0.2, 0.25) is 0 Å². The summed E-state index contributed by atoms with van der Waals surface area (Å²) in [4.78, 5) is 2.51. The zero-order chi connectivity index (χ0) is 14.7. The third-order valence-corrected chi connectivity index (χ3v) is 4.37. The van der Waals surface area contributed by atoms with Gasteiger partial charge in [-0.15, -0.1) is 0 Å². The Morgan fingerprint density at radius 1 is 1.38 bits per heavy atom. The van der Waals surface area contributed by atoms with Gasteiger partial charge in [-0.3, -0.25) is 10.00 Å². The average Bonchev–Trinajstić information content (AvgIpc) is 3.21. The number of nitrogens with zero attached hydrogens (tertiary/aromatic N) is 2. The van der Waals surface area contributed by atoms with Crippen molar-refractivity contribution in [2.75, 3.05) is 19.6 Å². The van der Waals surface area contributed by atoms with E-state index in [0.29, 0.717) is 6.04 Å². The van der Waals surface area contributed by atoms with Gasteiger partial charge in [0.15, 0.2) is 0 Å². The van der Waals surface area contributed by atoms with E-state index in [1.807, 2.05) is 13.0 Å². The van der Waals surface area contributed by atoms with Crippen LogP contribution in [-0.4, -0.2) is 34.7 Å². The van der Waals surface area contributed by atoms with E-state index in [-0.39, 0.29) is 0 Å². The highest BCUT2D eigenvalue weighted by molar-refractivity contribution is 5.22. The molecule has 3 heterocycles. The van der Waals surface area contributed by atoms with Crippen molar-refractivity contribution in [3.05, 3.63) is 41.1 Å². The molecule has 0 amide bonds. The molecule has 1 saturated heterocycles. The minimum atomic E-state index is 0.329. The lowest BCUT2D eigenvalue weighted by Gasteiger charge is -2.26. The normalized spacial score (nSPS) is 17.4. The highest BCUT2D eigenvalue weighted by Crippen LogP contribution is 2.25. The number of hydrogen-bond acceptors (Lipinski definition) is 4. The quantitative estimate of drug-likeness (QED) is 0.857. The summed E-state index contributed by atoms with van der Waals surface area (Å²) in [5.74, 6) is 1.06. The molecule has 1 aliphatic heterocycles. The molecule has 0 bridgehead atoms. The maximum Gasteiger partial charge on any atom is 0.122 e. The smallest absolute Gasteiger partial charge is 0.122 e. The molecule has 0 spiro atoms. The maximum atomic E-state index is 5.64. The Labute approximate surface area is 125 Å². The summed E-state index contributed by atoms with van der Waals surface area (Å²) in [5, 5.41) is 10.9. The first-order valence-corrected chi connectivity index (χ1v) is 7.74. The molecule has 114 valence electrons. The minimum Gasteiger partial charge on any atom is -0.468 e. The van der Waals surface area contributed by atoms with Crippen LogP contribution in [0, 0.1) is 13.8 Å². The Kier molecular flexibility index (Phi) is 4.41. The molecule has 0 saturated carbocycles. The van der Waals surface area contributed by atoms with Crippen LogP contribution in [0.5, 0.6) is 0 Å². The number of aryl methyl sites for hydroxylation is 2. The number of aromatic amines is 1. The van der Waals surface area contributed by atoms with Gasteiger partial charge < -0.3 is 9.73 Å². The lowest BCUT2D eigenvalue weighted by Crippen LogP contribution is -2.33. The van der Waals surface area contributed by atoms with E-state index in [9.17, 15) is 0 Å². The van der Waals surface area contributed by atoms with Crippen molar-refractivity contribution in [1.29, 1.82) is 0 Å². The first-order valence-electron chi connectivity index (χ1n) is 7.74. The molecule has 3 rings (SSSR count). The fraction of sp³-hybridized carbons (Fsp3) is 0.562. The first-order chi connectivity index (χ1) is 10.3. The molecule has 2 aromatic heterocycles. The molecule has 2 N–H and O–H groups in total. The highest BCUT2D eigenvalue weighted by atomic mass is 16.3. The van der Waals surface area contributed by atoms with Crippen molar-refractivity contribution in [2.24, 2.45) is 0 Å². The zero-order valence-corrected chi connectivity index (χ0v) is 12.9. The molecule has 2 aromatic rings. The van der Waals surface area contributed by atoms with Gasteiger partial charge in [0.25, 0.3) is 0 Å². The summed E-state index contributed by atoms with van der Waals surface area (Å²) in [6.45, 7) is 8.19. The number of likely N-dealkylation sites (tertiary alicyclic amines) is 1. The van der Waals surface area contributed by atoms with Crippen LogP contribution >= 0.6 is 0 Å². The van der Waals surface area contributed by atoms with Gasteiger partial charge in [-0.05, 0) is 51.9 Å². The minimum absolute atomic E-state index is 0.329. The van der Waals surface area contributed by atoms with Gasteiger partial charge in [-0.2, -0.15) is 5.10 Å². The lowest BCUT2D eigenvalue weighted by molar-refractivity contribution is 0.209. The van der Waals surface area contributed by atoms with Crippen LogP contribution in [0.3, 0.4) is 0 Å². The Morgan fingerprint density at radius 2 is 2.19 bits per heavy atom. The van der Waals surface area contributed by atoms with Crippen LogP contribution in [0.25, 0.3) is 0 Å². The maximum absolute atomic E-state index is 5.64. The zero-order valence-electron chi connectivity index (χ0n) is 12.9. The molecule has 1 aliphatic rings. The third-order valence-electron chi connectivity index (χ3n) is 4.37. The van der Waals surface area contributed by atoms with Gasteiger partial charge in [0.1, 0.15) is 5.76 Å². The fourth-order valence-corrected chi connectivity index (χ4v) is 3.11. The molecule has 0 radical (unpaired) electrons. The molecular weight excluding hydrogens is 264 g/mol. The SMILES string of the molecule is Cc1n[nH]c(C)c1CNCC(c1ccco1)N1CCCC1. The molecule has 1 fully saturated rings. The fourth-order valence-electron chi connectivity index (χ4n) is 3.11. The second-order valence-corrected chi connectivity index (χ2v) is 5.82. The predicted molar refractivity (Wildman–Crippen MR) is 82.0 cm³/mol. The van der Waals surface area contributed by atoms with Gasteiger partial charge in [-0.1, -0.05) is 0 Å². The predicted octanol–water partition coefficient (Wildman–Crippen LogP) is 2.55. The second-order valence-electron chi connectivity index (χ2n) is 5.82. The molecule has 21 heavy (non-hydrogen) atoms. The summed E-state index contributed by atoms with van der Waals surface area (Å²) >= 11 is 0. The van der Waals surface area contributed by atoms with Gasteiger partial charge >= 0.3 is 0 Å². The number of H-pyrrole nitrogens is 1. The summed E-state index contributed by atoms with van der Waals surface area (Å²) in [6.07, 6.45) is 4.34. The van der Waals surface area contributed by atoms with E-state index >= 15 is 0 Å². The van der Waals surface area contributed by atoms with Crippen molar-refractivity contribution in [1.82, 2.24) is 20.4 Å². The van der Waals surface area contributed by atoms with Crippen molar-refractivity contribution >= 4 is 0 Å². The second kappa shape index (κ2) is 6.45. The summed E-state index contributed by atoms with van der Waals surface area (Å²) in [6, 6.07) is 4.39. The molecule has 1 atom stereocenters. The van der Waals surface area contributed by atoms with Crippen molar-refractivity contribution in [3.63, 3.8) is 0 Å². The van der Waals surface area contributed by atoms with E-state index < -0.39 is 0 Å². The van der Waals surface area contributed by atoms with Crippen LogP contribution in [0.1, 0.15) is 41.6 Å². The largest absolute Gasteiger partial charge is 0.468 e. The van der Waals surface area contributed by atoms with E-state index in [1.54, 1.807) is 6.26 Å². The van der Waals surface area contributed by atoms with Crippen LogP contribution in [-0.2, 0) is 6.54 Å². The van der Waals surface area contributed by atoms with Crippen LogP contribution in [0.2, 0.25) is 0 Å². The van der Waals surface area contributed by atoms with E-state index in [2.05, 4.69) is 33.4 Å². The number of rotatable bonds is 6. The first kappa shape index (κ1) is 14.4. The molecule has 1 unspecified atom stereocenters. The van der Waals surface area contributed by atoms with Crippen molar-refractivity contribution in [3.8, 4) is 0 Å². The highest BCUT2D eigenvalue weighted by Gasteiger charge is 2.25. The number of nitrogens with one attached hydrogen (secondary N) is 2. The monoisotopic (exact) mass is 288 g/mol. The summed E-state index contributed by atoms with van der Waals surface area (Å²) in [7, 11) is 0. The van der Waals surface area contributed by atoms with E-state index in [0.717, 1.165) is 43.3 Å². The standard InChI is InChI=1S/C16H24N4O/c1-12-14(13(2)19-18-12)10-17-11-15(16-6-5-9-21-16)20-7-3-4-8-20/h5-6,9,15,17H,3-4,7-8,10-11H2,1-2H3,(H,18,19). The summed E-state index contributed by atoms with van der Waals surface area (Å²) < 4.78 is 5.64. The Hall–Kier alpha value is -1.59. The Bertz CT molecular complexity index is 535. The lowest BCUT2D eigenvalue weighted by atomic mass is 10.1. The third kappa shape index (κ3) is 3.19. The van der Waals surface area contributed by atoms with Crippen molar-refractivity contribution < 1.29 is 4.42 Å². The van der Waals surface area contributed by atoms with E-state index in [1.165, 1.54) is 18.4 Å². The average molecular weight is 288 g/mol. The molecule has 0 aromatic carbocycles. The number of aromatic nitrogens is 2. The molecular formula is C16H24N4O. The Balaban J connectivity index is 1.62. The van der Waals surface area contributed by atoms with Crippen molar-refractivity contribution in [2.45, 2.75) is 39.3 Å². The number of furan rings is 1. The molecule has 0 aliphatic carbocycles. The van der Waals surface area contributed by atoms with Crippen LogP contribution in [0.4, 0.5) is 0 Å². The van der Waals surface area contributed by atoms with Gasteiger partial charge in [0.05, 0.1) is 18.0 Å². The van der Waals surface area contributed by atoms with Gasteiger partial charge in [0, 0.05) is 24.3 Å². The van der Waals surface area contributed by atoms with Crippen LogP contribution < -0.4 is 5.32 Å². The van der Waals surface area contributed by atoms with E-state index in [4.69, 9.17) is 4.42 Å². The topological polar surface area (TPSA) is 57.1 Å². The molecule has 5 nitrogen and oxygen atoms in total. The number of hydrogen-bond donors (Lipinski definition) is 2. The Morgan fingerprint density at radius 3 is 2.81 bits per heavy atom. The molecule has 5 heteroatoms. The van der Waals surface area contributed by atoms with Crippen LogP contribution in [0.15, 0.2) is 22.8 Å². The van der Waals surface area contributed by atoms with Gasteiger partial charge in [-0.25, -0.2) is 0 Å². The summed E-state index contributed by atoms with van der Waals surface area (Å²) in [5.41, 5.74) is 3.50.